The largest absolute Gasteiger partial charge is 0.493 e. The molecule has 1 heterocycles. The predicted octanol–water partition coefficient (Wildman–Crippen LogP) is 0.0424. The zero-order valence-corrected chi connectivity index (χ0v) is 18.5. The van der Waals surface area contributed by atoms with Crippen LogP contribution in [0.25, 0.3) is 0 Å². The molecule has 0 aromatic heterocycles. The summed E-state index contributed by atoms with van der Waals surface area (Å²) in [4.78, 5) is 30.5. The van der Waals surface area contributed by atoms with Gasteiger partial charge in [-0.25, -0.2) is 0 Å². The summed E-state index contributed by atoms with van der Waals surface area (Å²) in [7, 11) is 6.60. The fourth-order valence-corrected chi connectivity index (χ4v) is 3.39. The van der Waals surface area contributed by atoms with Crippen LogP contribution in [-0.2, 0) is 20.9 Å². The van der Waals surface area contributed by atoms with E-state index in [1.807, 2.05) is 18.2 Å². The molecular formula is C21H34N4O5. The summed E-state index contributed by atoms with van der Waals surface area (Å²) in [6.07, 6.45) is 0. The van der Waals surface area contributed by atoms with Crippen molar-refractivity contribution in [2.45, 2.75) is 6.54 Å². The molecule has 1 aromatic rings. The Hall–Kier alpha value is -2.36. The Bertz CT molecular complexity index is 692. The molecule has 9 nitrogen and oxygen atoms in total. The number of methoxy groups -OCH3 is 3. The van der Waals surface area contributed by atoms with Gasteiger partial charge in [0, 0.05) is 59.0 Å². The molecule has 0 aliphatic carbocycles. The lowest BCUT2D eigenvalue weighted by Gasteiger charge is -2.34. The SMILES string of the molecule is COCCNC(=O)CN1CCN(CC(=O)N(C)Cc2cccc(OC)c2OC)CC1. The number of benzene rings is 1. The van der Waals surface area contributed by atoms with Gasteiger partial charge >= 0.3 is 0 Å². The number of nitrogens with one attached hydrogen (secondary N) is 1. The Morgan fingerprint density at radius 1 is 1.03 bits per heavy atom. The summed E-state index contributed by atoms with van der Waals surface area (Å²) < 4.78 is 15.7. The van der Waals surface area contributed by atoms with Crippen LogP contribution in [0.15, 0.2) is 18.2 Å². The molecule has 1 saturated heterocycles. The van der Waals surface area contributed by atoms with E-state index in [1.165, 1.54) is 0 Å². The maximum absolute atomic E-state index is 12.7. The quantitative estimate of drug-likeness (QED) is 0.504. The van der Waals surface area contributed by atoms with E-state index in [0.717, 1.165) is 31.7 Å². The van der Waals surface area contributed by atoms with Crippen LogP contribution >= 0.6 is 0 Å². The zero-order chi connectivity index (χ0) is 21.9. The van der Waals surface area contributed by atoms with Crippen molar-refractivity contribution >= 4 is 11.8 Å². The third kappa shape index (κ3) is 7.16. The number of hydrogen-bond donors (Lipinski definition) is 1. The highest BCUT2D eigenvalue weighted by molar-refractivity contribution is 5.78. The van der Waals surface area contributed by atoms with Crippen LogP contribution in [0.2, 0.25) is 0 Å². The van der Waals surface area contributed by atoms with E-state index in [4.69, 9.17) is 14.2 Å². The standard InChI is InChI=1S/C21H34N4O5/c1-23(14-17-6-5-7-18(29-3)21(17)30-4)20(27)16-25-11-9-24(10-12-25)15-19(26)22-8-13-28-2/h5-7H,8-16H2,1-4H3,(H,22,26). The van der Waals surface area contributed by atoms with Gasteiger partial charge in [0.15, 0.2) is 11.5 Å². The minimum atomic E-state index is 0.00328. The molecule has 0 radical (unpaired) electrons. The summed E-state index contributed by atoms with van der Waals surface area (Å²) in [5.74, 6) is 1.35. The highest BCUT2D eigenvalue weighted by Gasteiger charge is 2.22. The van der Waals surface area contributed by atoms with E-state index in [-0.39, 0.29) is 11.8 Å². The van der Waals surface area contributed by atoms with Crippen molar-refractivity contribution in [1.29, 1.82) is 0 Å². The average Bonchev–Trinajstić information content (AvgIpc) is 2.75. The van der Waals surface area contributed by atoms with Gasteiger partial charge in [0.1, 0.15) is 0 Å². The van der Waals surface area contributed by atoms with E-state index in [0.29, 0.717) is 44.3 Å². The average molecular weight is 423 g/mol. The third-order valence-corrected chi connectivity index (χ3v) is 5.14. The maximum atomic E-state index is 12.7. The molecule has 9 heteroatoms. The Balaban J connectivity index is 1.77. The van der Waals surface area contributed by atoms with Crippen LogP contribution in [0.3, 0.4) is 0 Å². The van der Waals surface area contributed by atoms with Crippen molar-refractivity contribution in [3.05, 3.63) is 23.8 Å². The topological polar surface area (TPSA) is 83.6 Å². The van der Waals surface area contributed by atoms with Crippen LogP contribution in [0, 0.1) is 0 Å². The second-order valence-electron chi connectivity index (χ2n) is 7.30. The molecule has 1 aromatic carbocycles. The normalized spacial score (nSPS) is 14.9. The van der Waals surface area contributed by atoms with Crippen LogP contribution in [0.1, 0.15) is 5.56 Å². The van der Waals surface area contributed by atoms with Gasteiger partial charge in [-0.15, -0.1) is 0 Å². The van der Waals surface area contributed by atoms with Gasteiger partial charge in [-0.05, 0) is 6.07 Å². The van der Waals surface area contributed by atoms with Crippen molar-refractivity contribution in [3.8, 4) is 11.5 Å². The Morgan fingerprint density at radius 3 is 2.30 bits per heavy atom. The third-order valence-electron chi connectivity index (χ3n) is 5.14. The minimum Gasteiger partial charge on any atom is -0.493 e. The van der Waals surface area contributed by atoms with E-state index < -0.39 is 0 Å². The number of piperazine rings is 1. The number of likely N-dealkylation sites (N-methyl/N-ethyl adjacent to an activating group) is 1. The number of amides is 2. The number of hydrogen-bond acceptors (Lipinski definition) is 7. The van der Waals surface area contributed by atoms with E-state index in [9.17, 15) is 9.59 Å². The van der Waals surface area contributed by atoms with E-state index in [2.05, 4.69) is 15.1 Å². The minimum absolute atomic E-state index is 0.00328. The molecule has 1 N–H and O–H groups in total. The fourth-order valence-electron chi connectivity index (χ4n) is 3.39. The van der Waals surface area contributed by atoms with Crippen molar-refractivity contribution < 1.29 is 23.8 Å². The Morgan fingerprint density at radius 2 is 1.70 bits per heavy atom. The van der Waals surface area contributed by atoms with E-state index in [1.54, 1.807) is 33.3 Å². The van der Waals surface area contributed by atoms with Crippen LogP contribution in [0.5, 0.6) is 11.5 Å². The number of carbonyl (C=O) groups excluding carboxylic acids is 2. The van der Waals surface area contributed by atoms with Gasteiger partial charge in [0.25, 0.3) is 0 Å². The van der Waals surface area contributed by atoms with Gasteiger partial charge in [-0.2, -0.15) is 0 Å². The van der Waals surface area contributed by atoms with Crippen molar-refractivity contribution in [2.24, 2.45) is 0 Å². The second kappa shape index (κ2) is 12.4. The van der Waals surface area contributed by atoms with Crippen molar-refractivity contribution in [3.63, 3.8) is 0 Å². The van der Waals surface area contributed by atoms with Gasteiger partial charge < -0.3 is 24.4 Å². The molecule has 1 aliphatic heterocycles. The number of carbonyl (C=O) groups is 2. The maximum Gasteiger partial charge on any atom is 0.236 e. The predicted molar refractivity (Wildman–Crippen MR) is 114 cm³/mol. The summed E-state index contributed by atoms with van der Waals surface area (Å²) in [5, 5.41) is 2.83. The van der Waals surface area contributed by atoms with Crippen LogP contribution < -0.4 is 14.8 Å². The Kier molecular flexibility index (Phi) is 9.85. The van der Waals surface area contributed by atoms with Crippen LogP contribution in [0.4, 0.5) is 0 Å². The monoisotopic (exact) mass is 422 g/mol. The second-order valence-corrected chi connectivity index (χ2v) is 7.30. The lowest BCUT2D eigenvalue weighted by Crippen LogP contribution is -2.51. The molecule has 0 spiro atoms. The number of rotatable bonds is 11. The molecule has 0 saturated carbocycles. The van der Waals surface area contributed by atoms with Crippen molar-refractivity contribution in [1.82, 2.24) is 20.0 Å². The summed E-state index contributed by atoms with van der Waals surface area (Å²) in [6, 6.07) is 5.66. The smallest absolute Gasteiger partial charge is 0.236 e. The van der Waals surface area contributed by atoms with Gasteiger partial charge in [-0.1, -0.05) is 12.1 Å². The number of ether oxygens (including phenoxy) is 3. The van der Waals surface area contributed by atoms with Gasteiger partial charge in [-0.3, -0.25) is 19.4 Å². The first-order chi connectivity index (χ1) is 14.5. The molecular weight excluding hydrogens is 388 g/mol. The van der Waals surface area contributed by atoms with Crippen molar-refractivity contribution in [2.75, 3.05) is 80.8 Å². The van der Waals surface area contributed by atoms with Gasteiger partial charge in [0.2, 0.25) is 11.8 Å². The lowest BCUT2D eigenvalue weighted by atomic mass is 10.1. The first-order valence-corrected chi connectivity index (χ1v) is 10.1. The first-order valence-electron chi connectivity index (χ1n) is 10.1. The molecule has 1 fully saturated rings. The molecule has 0 atom stereocenters. The van der Waals surface area contributed by atoms with Crippen LogP contribution in [-0.4, -0.2) is 107 Å². The molecule has 2 amide bonds. The fraction of sp³-hybridized carbons (Fsp3) is 0.619. The molecule has 1 aliphatic rings. The number of nitrogens with zero attached hydrogens (tertiary/aromatic N) is 3. The molecule has 30 heavy (non-hydrogen) atoms. The zero-order valence-electron chi connectivity index (χ0n) is 18.5. The molecule has 168 valence electrons. The highest BCUT2D eigenvalue weighted by atomic mass is 16.5. The molecule has 0 unspecified atom stereocenters. The summed E-state index contributed by atoms with van der Waals surface area (Å²) >= 11 is 0. The lowest BCUT2D eigenvalue weighted by molar-refractivity contribution is -0.132. The molecule has 2 rings (SSSR count). The number of para-hydroxylation sites is 1. The summed E-state index contributed by atoms with van der Waals surface area (Å²) in [6.45, 7) is 5.25. The summed E-state index contributed by atoms with van der Waals surface area (Å²) in [5.41, 5.74) is 0.900. The first kappa shape index (κ1) is 23.9. The van der Waals surface area contributed by atoms with E-state index >= 15 is 0 Å². The Labute approximate surface area is 178 Å². The molecule has 0 bridgehead atoms. The highest BCUT2D eigenvalue weighted by Crippen LogP contribution is 2.31. The van der Waals surface area contributed by atoms with Gasteiger partial charge in [0.05, 0.1) is 33.9 Å².